The lowest BCUT2D eigenvalue weighted by Crippen LogP contribution is -2.47. The number of nitrogens with zero attached hydrogens (tertiary/aromatic N) is 2. The van der Waals surface area contributed by atoms with Crippen molar-refractivity contribution in [3.05, 3.63) is 35.5 Å². The molecule has 0 aliphatic rings. The Morgan fingerprint density at radius 2 is 1.89 bits per heavy atom. The van der Waals surface area contributed by atoms with Crippen molar-refractivity contribution in [1.29, 1.82) is 0 Å². The Balaban J connectivity index is 2.01. The maximum atomic E-state index is 12.5. The predicted molar refractivity (Wildman–Crippen MR) is 102 cm³/mol. The van der Waals surface area contributed by atoms with E-state index < -0.39 is 29.9 Å². The van der Waals surface area contributed by atoms with Gasteiger partial charge in [0.25, 0.3) is 11.8 Å². The Bertz CT molecular complexity index is 854. The second-order valence-electron chi connectivity index (χ2n) is 6.91. The highest BCUT2D eigenvalue weighted by Crippen LogP contribution is 2.19. The van der Waals surface area contributed by atoms with Gasteiger partial charge in [-0.1, -0.05) is 13.8 Å². The van der Waals surface area contributed by atoms with Gasteiger partial charge in [-0.05, 0) is 38.8 Å². The van der Waals surface area contributed by atoms with E-state index in [1.807, 2.05) is 6.92 Å². The molecule has 9 heteroatoms. The number of hydrogen-bond acceptors (Lipinski definition) is 6. The van der Waals surface area contributed by atoms with Crippen LogP contribution in [-0.2, 0) is 21.4 Å². The van der Waals surface area contributed by atoms with Crippen LogP contribution in [0.4, 0.5) is 5.69 Å². The third-order valence-corrected chi connectivity index (χ3v) is 4.37. The Morgan fingerprint density at radius 1 is 1.21 bits per heavy atom. The van der Waals surface area contributed by atoms with E-state index in [-0.39, 0.29) is 11.7 Å². The van der Waals surface area contributed by atoms with Gasteiger partial charge < -0.3 is 19.8 Å². The molecule has 152 valence electrons. The Labute approximate surface area is 163 Å². The van der Waals surface area contributed by atoms with Gasteiger partial charge in [-0.25, -0.2) is 4.79 Å². The van der Waals surface area contributed by atoms with Crippen molar-refractivity contribution < 1.29 is 23.5 Å². The molecule has 2 aromatic heterocycles. The van der Waals surface area contributed by atoms with Gasteiger partial charge in [-0.3, -0.25) is 14.3 Å². The van der Waals surface area contributed by atoms with Crippen LogP contribution < -0.4 is 10.6 Å². The molecule has 2 aromatic rings. The summed E-state index contributed by atoms with van der Waals surface area (Å²) >= 11 is 0. The standard InChI is InChI=1S/C19H26N4O5/c1-10(2)15(20-18(25)14-8-7-9-27-14)19(26)28-13(5)17(24)21-16-11(3)22-23(6)12(16)4/h7-10,13,15H,1-6H3,(H,20,25)(H,21,24)/t13-,15-/m0/s1. The third kappa shape index (κ3) is 4.79. The SMILES string of the molecule is Cc1nn(C)c(C)c1NC(=O)[C@H](C)OC(=O)[C@@H](NC(=O)c1ccco1)C(C)C. The Kier molecular flexibility index (Phi) is 6.61. The van der Waals surface area contributed by atoms with E-state index in [0.29, 0.717) is 11.4 Å². The summed E-state index contributed by atoms with van der Waals surface area (Å²) in [6.07, 6.45) is 0.320. The molecule has 0 radical (unpaired) electrons. The van der Waals surface area contributed by atoms with Gasteiger partial charge in [-0.2, -0.15) is 5.10 Å². The number of carbonyl (C=O) groups excluding carboxylic acids is 3. The summed E-state index contributed by atoms with van der Waals surface area (Å²) in [6.45, 7) is 8.60. The number of amides is 2. The molecule has 2 heterocycles. The van der Waals surface area contributed by atoms with Crippen LogP contribution in [0.2, 0.25) is 0 Å². The second-order valence-corrected chi connectivity index (χ2v) is 6.91. The number of anilines is 1. The van der Waals surface area contributed by atoms with Crippen molar-refractivity contribution in [2.45, 2.75) is 46.8 Å². The first-order valence-electron chi connectivity index (χ1n) is 8.97. The maximum Gasteiger partial charge on any atom is 0.329 e. The van der Waals surface area contributed by atoms with E-state index >= 15 is 0 Å². The van der Waals surface area contributed by atoms with Crippen LogP contribution in [0.1, 0.15) is 42.7 Å². The maximum absolute atomic E-state index is 12.5. The van der Waals surface area contributed by atoms with E-state index in [1.165, 1.54) is 19.3 Å². The highest BCUT2D eigenvalue weighted by Gasteiger charge is 2.30. The average molecular weight is 390 g/mol. The molecule has 0 saturated carbocycles. The number of carbonyl (C=O) groups is 3. The molecule has 0 saturated heterocycles. The summed E-state index contributed by atoms with van der Waals surface area (Å²) in [6, 6.07) is 2.15. The zero-order valence-electron chi connectivity index (χ0n) is 16.9. The van der Waals surface area contributed by atoms with Crippen molar-refractivity contribution in [1.82, 2.24) is 15.1 Å². The Hall–Kier alpha value is -3.10. The first-order valence-corrected chi connectivity index (χ1v) is 8.97. The minimum absolute atomic E-state index is 0.0896. The quantitative estimate of drug-likeness (QED) is 0.698. The molecular weight excluding hydrogens is 364 g/mol. The average Bonchev–Trinajstić information content (AvgIpc) is 3.23. The highest BCUT2D eigenvalue weighted by molar-refractivity contribution is 5.97. The fraction of sp³-hybridized carbons (Fsp3) is 0.474. The topological polar surface area (TPSA) is 115 Å². The zero-order valence-corrected chi connectivity index (χ0v) is 16.9. The lowest BCUT2D eigenvalue weighted by molar-refractivity contribution is -0.156. The van der Waals surface area contributed by atoms with Gasteiger partial charge in [0.15, 0.2) is 11.9 Å². The highest BCUT2D eigenvalue weighted by atomic mass is 16.5. The third-order valence-electron chi connectivity index (χ3n) is 4.37. The van der Waals surface area contributed by atoms with E-state index in [2.05, 4.69) is 15.7 Å². The fourth-order valence-electron chi connectivity index (χ4n) is 2.60. The molecule has 0 aromatic carbocycles. The van der Waals surface area contributed by atoms with Gasteiger partial charge in [0.1, 0.15) is 6.04 Å². The van der Waals surface area contributed by atoms with Gasteiger partial charge >= 0.3 is 5.97 Å². The van der Waals surface area contributed by atoms with E-state index in [9.17, 15) is 14.4 Å². The molecule has 2 amide bonds. The van der Waals surface area contributed by atoms with Gasteiger partial charge in [-0.15, -0.1) is 0 Å². The van der Waals surface area contributed by atoms with Crippen molar-refractivity contribution in [3.8, 4) is 0 Å². The van der Waals surface area contributed by atoms with Crippen molar-refractivity contribution in [3.63, 3.8) is 0 Å². The number of ether oxygens (including phenoxy) is 1. The normalized spacial score (nSPS) is 13.1. The van der Waals surface area contributed by atoms with E-state index in [0.717, 1.165) is 5.69 Å². The molecule has 0 aliphatic carbocycles. The summed E-state index contributed by atoms with van der Waals surface area (Å²) in [4.78, 5) is 37.1. The minimum atomic E-state index is -1.05. The van der Waals surface area contributed by atoms with E-state index in [4.69, 9.17) is 9.15 Å². The van der Waals surface area contributed by atoms with Crippen LogP contribution in [0.15, 0.2) is 22.8 Å². The molecule has 2 N–H and O–H groups in total. The molecule has 0 fully saturated rings. The zero-order chi connectivity index (χ0) is 21.0. The summed E-state index contributed by atoms with van der Waals surface area (Å²) in [7, 11) is 1.77. The molecule has 9 nitrogen and oxygen atoms in total. The van der Waals surface area contributed by atoms with Crippen LogP contribution in [0.5, 0.6) is 0 Å². The second kappa shape index (κ2) is 8.73. The smallest absolute Gasteiger partial charge is 0.329 e. The summed E-state index contributed by atoms with van der Waals surface area (Å²) < 4.78 is 12.0. The number of rotatable bonds is 7. The van der Waals surface area contributed by atoms with Crippen LogP contribution in [0.25, 0.3) is 0 Å². The van der Waals surface area contributed by atoms with Crippen molar-refractivity contribution >= 4 is 23.5 Å². The molecule has 28 heavy (non-hydrogen) atoms. The number of aryl methyl sites for hydroxylation is 2. The van der Waals surface area contributed by atoms with Gasteiger partial charge in [0.2, 0.25) is 0 Å². The Morgan fingerprint density at radius 3 is 2.39 bits per heavy atom. The number of furan rings is 1. The summed E-state index contributed by atoms with van der Waals surface area (Å²) in [5.74, 6) is -1.86. The molecule has 0 bridgehead atoms. The number of nitrogens with one attached hydrogen (secondary N) is 2. The van der Waals surface area contributed by atoms with Crippen LogP contribution in [0.3, 0.4) is 0 Å². The molecular formula is C19H26N4O5. The monoisotopic (exact) mass is 390 g/mol. The van der Waals surface area contributed by atoms with Crippen LogP contribution >= 0.6 is 0 Å². The van der Waals surface area contributed by atoms with Gasteiger partial charge in [0, 0.05) is 7.05 Å². The first kappa shape index (κ1) is 21.2. The van der Waals surface area contributed by atoms with Crippen molar-refractivity contribution in [2.75, 3.05) is 5.32 Å². The first-order chi connectivity index (χ1) is 13.1. The number of esters is 1. The summed E-state index contributed by atoms with van der Waals surface area (Å²) in [5, 5.41) is 9.55. The number of aromatic nitrogens is 2. The molecule has 2 rings (SSSR count). The lowest BCUT2D eigenvalue weighted by atomic mass is 10.0. The number of hydrogen-bond donors (Lipinski definition) is 2. The summed E-state index contributed by atoms with van der Waals surface area (Å²) in [5.41, 5.74) is 2.04. The molecule has 0 spiro atoms. The molecule has 0 aliphatic heterocycles. The predicted octanol–water partition coefficient (Wildman–Crippen LogP) is 1.95. The molecule has 2 atom stereocenters. The fourth-order valence-corrected chi connectivity index (χ4v) is 2.60. The van der Waals surface area contributed by atoms with Crippen molar-refractivity contribution in [2.24, 2.45) is 13.0 Å². The largest absolute Gasteiger partial charge is 0.459 e. The van der Waals surface area contributed by atoms with E-state index in [1.54, 1.807) is 38.6 Å². The lowest BCUT2D eigenvalue weighted by Gasteiger charge is -2.22. The minimum Gasteiger partial charge on any atom is -0.459 e. The van der Waals surface area contributed by atoms with Gasteiger partial charge in [0.05, 0.1) is 23.3 Å². The van der Waals surface area contributed by atoms with Crippen LogP contribution in [-0.4, -0.2) is 39.7 Å². The van der Waals surface area contributed by atoms with Crippen LogP contribution in [0, 0.1) is 19.8 Å². The molecule has 0 unspecified atom stereocenters.